The van der Waals surface area contributed by atoms with Crippen LogP contribution in [0.25, 0.3) is 11.5 Å². The van der Waals surface area contributed by atoms with E-state index in [4.69, 9.17) is 8.83 Å². The number of carbonyl (C=O) groups is 1. The van der Waals surface area contributed by atoms with Crippen LogP contribution >= 0.6 is 11.8 Å². The van der Waals surface area contributed by atoms with Gasteiger partial charge in [-0.1, -0.05) is 56.8 Å². The number of hydrogen-bond acceptors (Lipinski definition) is 6. The smallest absolute Gasteiger partial charge is 0.277 e. The molecule has 0 fully saturated rings. The van der Waals surface area contributed by atoms with Gasteiger partial charge in [0.25, 0.3) is 11.1 Å². The lowest BCUT2D eigenvalue weighted by atomic mass is 9.86. The van der Waals surface area contributed by atoms with Gasteiger partial charge in [0.1, 0.15) is 5.76 Å². The van der Waals surface area contributed by atoms with Crippen molar-refractivity contribution in [2.75, 3.05) is 5.75 Å². The number of ketones is 1. The summed E-state index contributed by atoms with van der Waals surface area (Å²) in [5.74, 6) is 1.40. The van der Waals surface area contributed by atoms with Crippen LogP contribution in [0.2, 0.25) is 0 Å². The van der Waals surface area contributed by atoms with Gasteiger partial charge in [0, 0.05) is 5.56 Å². The van der Waals surface area contributed by atoms with E-state index >= 15 is 0 Å². The number of hydrogen-bond donors (Lipinski definition) is 0. The fraction of sp³-hybridized carbons (Fsp3) is 0.316. The van der Waals surface area contributed by atoms with Gasteiger partial charge in [-0.15, -0.1) is 10.2 Å². The number of carbonyl (C=O) groups excluding carboxylic acids is 1. The highest BCUT2D eigenvalue weighted by atomic mass is 32.2. The van der Waals surface area contributed by atoms with Crippen molar-refractivity contribution in [1.82, 2.24) is 10.2 Å². The van der Waals surface area contributed by atoms with E-state index in [1.165, 1.54) is 17.3 Å². The highest BCUT2D eigenvalue weighted by Crippen LogP contribution is 2.27. The van der Waals surface area contributed by atoms with Gasteiger partial charge in [0.15, 0.2) is 5.78 Å². The number of thioether (sulfide) groups is 1. The van der Waals surface area contributed by atoms with Gasteiger partial charge in [-0.25, -0.2) is 0 Å². The lowest BCUT2D eigenvalue weighted by Crippen LogP contribution is -2.11. The summed E-state index contributed by atoms with van der Waals surface area (Å²) in [6.45, 7) is 8.27. The molecule has 0 radical (unpaired) electrons. The van der Waals surface area contributed by atoms with Crippen molar-refractivity contribution in [2.45, 2.75) is 38.3 Å². The Morgan fingerprint density at radius 3 is 2.44 bits per heavy atom. The number of furan rings is 1. The molecule has 25 heavy (non-hydrogen) atoms. The molecule has 0 spiro atoms. The topological polar surface area (TPSA) is 69.1 Å². The summed E-state index contributed by atoms with van der Waals surface area (Å²) < 4.78 is 10.8. The predicted molar refractivity (Wildman–Crippen MR) is 96.9 cm³/mol. The standard InChI is InChI=1S/C19H20N2O3S/c1-12-15(9-10-23-12)17-20-21-18(24-17)25-11-16(22)13-5-7-14(8-6-13)19(2,3)4/h5-10H,11H2,1-4H3. The zero-order valence-electron chi connectivity index (χ0n) is 14.7. The number of aromatic nitrogens is 2. The van der Waals surface area contributed by atoms with Gasteiger partial charge < -0.3 is 8.83 Å². The Morgan fingerprint density at radius 1 is 1.12 bits per heavy atom. The molecule has 130 valence electrons. The molecule has 0 saturated heterocycles. The van der Waals surface area contributed by atoms with Crippen molar-refractivity contribution >= 4 is 17.5 Å². The average molecular weight is 356 g/mol. The van der Waals surface area contributed by atoms with Crippen molar-refractivity contribution in [3.8, 4) is 11.5 Å². The Bertz CT molecular complexity index is 873. The molecule has 3 rings (SSSR count). The highest BCUT2D eigenvalue weighted by molar-refractivity contribution is 7.99. The second-order valence-corrected chi connectivity index (χ2v) is 7.73. The van der Waals surface area contributed by atoms with Crippen LogP contribution in [0.3, 0.4) is 0 Å². The van der Waals surface area contributed by atoms with Gasteiger partial charge in [-0.2, -0.15) is 0 Å². The Hall–Kier alpha value is -2.34. The van der Waals surface area contributed by atoms with Crippen LogP contribution < -0.4 is 0 Å². The molecule has 3 aromatic rings. The van der Waals surface area contributed by atoms with E-state index in [-0.39, 0.29) is 17.0 Å². The van der Waals surface area contributed by atoms with E-state index in [9.17, 15) is 4.79 Å². The maximum atomic E-state index is 12.3. The maximum absolute atomic E-state index is 12.3. The third-order valence-electron chi connectivity index (χ3n) is 3.90. The molecule has 1 aromatic carbocycles. The molecule has 2 aromatic heterocycles. The highest BCUT2D eigenvalue weighted by Gasteiger charge is 2.16. The van der Waals surface area contributed by atoms with Crippen LogP contribution in [0.5, 0.6) is 0 Å². The molecule has 6 heteroatoms. The Balaban J connectivity index is 1.63. The van der Waals surface area contributed by atoms with E-state index < -0.39 is 0 Å². The minimum atomic E-state index is 0.0321. The second kappa shape index (κ2) is 6.88. The maximum Gasteiger partial charge on any atom is 0.277 e. The molecule has 0 aliphatic rings. The molecule has 0 aliphatic heterocycles. The summed E-state index contributed by atoms with van der Waals surface area (Å²) in [6.07, 6.45) is 1.58. The quantitative estimate of drug-likeness (QED) is 0.478. The van der Waals surface area contributed by atoms with E-state index in [1.807, 2.05) is 31.2 Å². The van der Waals surface area contributed by atoms with Gasteiger partial charge in [0.2, 0.25) is 0 Å². The molecule has 0 unspecified atom stereocenters. The number of rotatable bonds is 5. The minimum Gasteiger partial charge on any atom is -0.469 e. The molecule has 0 bridgehead atoms. The summed E-state index contributed by atoms with van der Waals surface area (Å²) in [4.78, 5) is 12.3. The third kappa shape index (κ3) is 4.02. The second-order valence-electron chi connectivity index (χ2n) is 6.80. The first-order chi connectivity index (χ1) is 11.8. The molecular weight excluding hydrogens is 336 g/mol. The molecular formula is C19H20N2O3S. The molecule has 2 heterocycles. The molecule has 0 amide bonds. The average Bonchev–Trinajstić information content (AvgIpc) is 3.20. The van der Waals surface area contributed by atoms with Crippen LogP contribution in [0.1, 0.15) is 42.5 Å². The summed E-state index contributed by atoms with van der Waals surface area (Å²) in [7, 11) is 0. The van der Waals surface area contributed by atoms with Crippen LogP contribution in [0.4, 0.5) is 0 Å². The van der Waals surface area contributed by atoms with E-state index in [0.29, 0.717) is 16.7 Å². The number of aryl methyl sites for hydroxylation is 1. The zero-order chi connectivity index (χ0) is 18.0. The van der Waals surface area contributed by atoms with Crippen LogP contribution in [0, 0.1) is 6.92 Å². The lowest BCUT2D eigenvalue weighted by molar-refractivity contribution is 0.102. The summed E-state index contributed by atoms with van der Waals surface area (Å²) >= 11 is 1.24. The van der Waals surface area contributed by atoms with E-state index in [1.54, 1.807) is 12.3 Å². The minimum absolute atomic E-state index is 0.0321. The first-order valence-corrected chi connectivity index (χ1v) is 8.97. The fourth-order valence-corrected chi connectivity index (χ4v) is 3.01. The normalized spacial score (nSPS) is 11.7. The van der Waals surface area contributed by atoms with Gasteiger partial charge in [0.05, 0.1) is 17.6 Å². The van der Waals surface area contributed by atoms with E-state index in [2.05, 4.69) is 31.0 Å². The fourth-order valence-electron chi connectivity index (χ4n) is 2.35. The largest absolute Gasteiger partial charge is 0.469 e. The molecule has 0 atom stereocenters. The number of nitrogens with zero attached hydrogens (tertiary/aromatic N) is 2. The van der Waals surface area contributed by atoms with Gasteiger partial charge in [-0.05, 0) is 24.0 Å². The van der Waals surface area contributed by atoms with Crippen molar-refractivity contribution in [3.63, 3.8) is 0 Å². The van der Waals surface area contributed by atoms with Crippen LogP contribution in [0.15, 0.2) is 50.7 Å². The Labute approximate surface area is 150 Å². The van der Waals surface area contributed by atoms with Crippen molar-refractivity contribution in [1.29, 1.82) is 0 Å². The summed E-state index contributed by atoms with van der Waals surface area (Å²) in [6, 6.07) is 9.53. The van der Waals surface area contributed by atoms with Crippen molar-refractivity contribution in [2.24, 2.45) is 0 Å². The zero-order valence-corrected chi connectivity index (χ0v) is 15.5. The van der Waals surface area contributed by atoms with Crippen LogP contribution in [-0.2, 0) is 5.41 Å². The lowest BCUT2D eigenvalue weighted by Gasteiger charge is -2.18. The number of benzene rings is 1. The summed E-state index contributed by atoms with van der Waals surface area (Å²) in [5, 5.41) is 8.35. The van der Waals surface area contributed by atoms with Gasteiger partial charge >= 0.3 is 0 Å². The number of Topliss-reactive ketones (excluding diaryl/α,β-unsaturated/α-hetero) is 1. The van der Waals surface area contributed by atoms with Crippen LogP contribution in [-0.4, -0.2) is 21.7 Å². The monoisotopic (exact) mass is 356 g/mol. The van der Waals surface area contributed by atoms with Crippen molar-refractivity contribution in [3.05, 3.63) is 53.5 Å². The van der Waals surface area contributed by atoms with Crippen molar-refractivity contribution < 1.29 is 13.6 Å². The summed E-state index contributed by atoms with van der Waals surface area (Å²) in [5.41, 5.74) is 2.73. The molecule has 0 N–H and O–H groups in total. The van der Waals surface area contributed by atoms with Gasteiger partial charge in [-0.3, -0.25) is 4.79 Å². The first kappa shape index (κ1) is 17.5. The predicted octanol–water partition coefficient (Wildman–Crippen LogP) is 4.91. The third-order valence-corrected chi connectivity index (χ3v) is 4.71. The Kier molecular flexibility index (Phi) is 4.81. The Morgan fingerprint density at radius 2 is 1.84 bits per heavy atom. The van der Waals surface area contributed by atoms with E-state index in [0.717, 1.165) is 11.3 Å². The molecule has 5 nitrogen and oxygen atoms in total. The molecule has 0 aliphatic carbocycles. The SMILES string of the molecule is Cc1occc1-c1nnc(SCC(=O)c2ccc(C(C)(C)C)cc2)o1. The first-order valence-electron chi connectivity index (χ1n) is 7.99. The molecule has 0 saturated carbocycles.